The van der Waals surface area contributed by atoms with E-state index in [1.165, 1.54) is 56.7 Å². The Morgan fingerprint density at radius 3 is 2.84 bits per heavy atom. The van der Waals surface area contributed by atoms with Crippen molar-refractivity contribution in [2.75, 3.05) is 26.2 Å². The van der Waals surface area contributed by atoms with Crippen LogP contribution in [0.15, 0.2) is 18.3 Å². The van der Waals surface area contributed by atoms with Crippen LogP contribution in [0.25, 0.3) is 0 Å². The minimum Gasteiger partial charge on any atom is -0.317 e. The summed E-state index contributed by atoms with van der Waals surface area (Å²) in [4.78, 5) is 7.12. The minimum atomic E-state index is 0. The lowest BCUT2D eigenvalue weighted by atomic mass is 9.78. The molecule has 106 valence electrons. The number of nitrogens with one attached hydrogen (secondary N) is 1. The Kier molecular flexibility index (Phi) is 4.82. The number of halogens is 1. The molecule has 0 aromatic carbocycles. The first-order chi connectivity index (χ1) is 8.77. The maximum absolute atomic E-state index is 4.52. The van der Waals surface area contributed by atoms with Gasteiger partial charge >= 0.3 is 0 Å². The number of piperidine rings is 1. The van der Waals surface area contributed by atoms with Crippen LogP contribution < -0.4 is 5.32 Å². The molecule has 3 heterocycles. The highest BCUT2D eigenvalue weighted by atomic mass is 35.5. The average Bonchev–Trinajstić information content (AvgIpc) is 2.76. The molecule has 2 fully saturated rings. The summed E-state index contributed by atoms with van der Waals surface area (Å²) >= 11 is 0. The van der Waals surface area contributed by atoms with Crippen LogP contribution in [0.1, 0.15) is 30.5 Å². The molecule has 1 spiro atoms. The SMILES string of the molecule is Cc1cccnc1CN1CCC2(CCNCC2)C1.Cl. The molecule has 0 aliphatic carbocycles. The molecule has 0 unspecified atom stereocenters. The van der Waals surface area contributed by atoms with E-state index in [1.54, 1.807) is 0 Å². The molecular weight excluding hydrogens is 258 g/mol. The number of hydrogen-bond donors (Lipinski definition) is 1. The van der Waals surface area contributed by atoms with Gasteiger partial charge < -0.3 is 5.32 Å². The third kappa shape index (κ3) is 3.28. The van der Waals surface area contributed by atoms with Crippen LogP contribution in [0.3, 0.4) is 0 Å². The molecule has 0 saturated carbocycles. The zero-order valence-electron chi connectivity index (χ0n) is 11.7. The summed E-state index contributed by atoms with van der Waals surface area (Å²) in [5, 5.41) is 3.48. The van der Waals surface area contributed by atoms with Crippen LogP contribution in [0, 0.1) is 12.3 Å². The summed E-state index contributed by atoms with van der Waals surface area (Å²) in [5.74, 6) is 0. The van der Waals surface area contributed by atoms with E-state index in [9.17, 15) is 0 Å². The molecule has 1 N–H and O–H groups in total. The highest BCUT2D eigenvalue weighted by Gasteiger charge is 2.38. The first-order valence-electron chi connectivity index (χ1n) is 7.11. The van der Waals surface area contributed by atoms with E-state index in [-0.39, 0.29) is 12.4 Å². The maximum Gasteiger partial charge on any atom is 0.0573 e. The summed E-state index contributed by atoms with van der Waals surface area (Å²) in [6.07, 6.45) is 5.99. The van der Waals surface area contributed by atoms with Gasteiger partial charge in [0.15, 0.2) is 0 Å². The van der Waals surface area contributed by atoms with Crippen molar-refractivity contribution in [1.82, 2.24) is 15.2 Å². The Balaban J connectivity index is 0.00000133. The number of pyridine rings is 1. The van der Waals surface area contributed by atoms with Gasteiger partial charge in [-0.3, -0.25) is 9.88 Å². The molecule has 0 amide bonds. The van der Waals surface area contributed by atoms with Gasteiger partial charge in [-0.25, -0.2) is 0 Å². The second-order valence-electron chi connectivity index (χ2n) is 5.98. The molecule has 2 saturated heterocycles. The standard InChI is InChI=1S/C15H23N3.ClH/c1-13-3-2-7-17-14(13)11-18-10-6-15(12-18)4-8-16-9-5-15;/h2-3,7,16H,4-6,8-12H2,1H3;1H. The number of nitrogens with zero attached hydrogens (tertiary/aromatic N) is 2. The highest BCUT2D eigenvalue weighted by molar-refractivity contribution is 5.85. The number of likely N-dealkylation sites (tertiary alicyclic amines) is 1. The second-order valence-corrected chi connectivity index (χ2v) is 5.98. The van der Waals surface area contributed by atoms with E-state index in [0.29, 0.717) is 5.41 Å². The van der Waals surface area contributed by atoms with Gasteiger partial charge in [0.25, 0.3) is 0 Å². The first kappa shape index (κ1) is 14.8. The fourth-order valence-corrected chi connectivity index (χ4v) is 3.42. The smallest absolute Gasteiger partial charge is 0.0573 e. The molecular formula is C15H24ClN3. The van der Waals surface area contributed by atoms with Crippen LogP contribution in [-0.2, 0) is 6.54 Å². The summed E-state index contributed by atoms with van der Waals surface area (Å²) in [5.41, 5.74) is 3.18. The average molecular weight is 282 g/mol. The Morgan fingerprint density at radius 2 is 2.11 bits per heavy atom. The quantitative estimate of drug-likeness (QED) is 0.902. The maximum atomic E-state index is 4.52. The van der Waals surface area contributed by atoms with Gasteiger partial charge in [-0.05, 0) is 62.9 Å². The van der Waals surface area contributed by atoms with Crippen molar-refractivity contribution in [2.45, 2.75) is 32.7 Å². The molecule has 0 atom stereocenters. The van der Waals surface area contributed by atoms with Crippen LogP contribution in [0.5, 0.6) is 0 Å². The lowest BCUT2D eigenvalue weighted by molar-refractivity contribution is 0.193. The van der Waals surface area contributed by atoms with Gasteiger partial charge in [-0.15, -0.1) is 12.4 Å². The predicted octanol–water partition coefficient (Wildman–Crippen LogP) is 2.39. The second kappa shape index (κ2) is 6.21. The zero-order chi connectivity index (χ0) is 12.4. The summed E-state index contributed by atoms with van der Waals surface area (Å²) in [6, 6.07) is 4.19. The van der Waals surface area contributed by atoms with Crippen LogP contribution >= 0.6 is 12.4 Å². The Labute approximate surface area is 122 Å². The third-order valence-electron chi connectivity index (χ3n) is 4.67. The number of aryl methyl sites for hydroxylation is 1. The van der Waals surface area contributed by atoms with Crippen molar-refractivity contribution in [3.8, 4) is 0 Å². The molecule has 19 heavy (non-hydrogen) atoms. The lowest BCUT2D eigenvalue weighted by Crippen LogP contribution is -2.38. The molecule has 1 aromatic heterocycles. The van der Waals surface area contributed by atoms with Crippen molar-refractivity contribution in [3.05, 3.63) is 29.6 Å². The van der Waals surface area contributed by atoms with Gasteiger partial charge in [-0.1, -0.05) is 6.07 Å². The summed E-state index contributed by atoms with van der Waals surface area (Å²) in [6.45, 7) is 8.12. The minimum absolute atomic E-state index is 0. The van der Waals surface area contributed by atoms with E-state index in [4.69, 9.17) is 0 Å². The van der Waals surface area contributed by atoms with E-state index >= 15 is 0 Å². The Bertz CT molecular complexity index is 416. The van der Waals surface area contributed by atoms with Crippen LogP contribution in [0.2, 0.25) is 0 Å². The molecule has 0 bridgehead atoms. The van der Waals surface area contributed by atoms with Crippen molar-refractivity contribution in [2.24, 2.45) is 5.41 Å². The number of aromatic nitrogens is 1. The highest BCUT2D eigenvalue weighted by Crippen LogP contribution is 2.38. The molecule has 1 aromatic rings. The van der Waals surface area contributed by atoms with Crippen molar-refractivity contribution in [1.29, 1.82) is 0 Å². The largest absolute Gasteiger partial charge is 0.317 e. The van der Waals surface area contributed by atoms with E-state index < -0.39 is 0 Å². The number of rotatable bonds is 2. The van der Waals surface area contributed by atoms with Gasteiger partial charge in [0.1, 0.15) is 0 Å². The third-order valence-corrected chi connectivity index (χ3v) is 4.67. The summed E-state index contributed by atoms with van der Waals surface area (Å²) < 4.78 is 0. The normalized spacial score (nSPS) is 22.4. The number of hydrogen-bond acceptors (Lipinski definition) is 3. The van der Waals surface area contributed by atoms with Crippen LogP contribution in [0.4, 0.5) is 0 Å². The molecule has 2 aliphatic rings. The fourth-order valence-electron chi connectivity index (χ4n) is 3.42. The van der Waals surface area contributed by atoms with Crippen LogP contribution in [-0.4, -0.2) is 36.1 Å². The fraction of sp³-hybridized carbons (Fsp3) is 0.667. The van der Waals surface area contributed by atoms with E-state index in [1.807, 2.05) is 12.3 Å². The lowest BCUT2D eigenvalue weighted by Gasteiger charge is -2.33. The van der Waals surface area contributed by atoms with Gasteiger partial charge in [-0.2, -0.15) is 0 Å². The molecule has 3 rings (SSSR count). The van der Waals surface area contributed by atoms with Crippen molar-refractivity contribution < 1.29 is 0 Å². The molecule has 4 heteroatoms. The van der Waals surface area contributed by atoms with E-state index in [2.05, 4.69) is 28.2 Å². The predicted molar refractivity (Wildman–Crippen MR) is 80.7 cm³/mol. The molecule has 3 nitrogen and oxygen atoms in total. The topological polar surface area (TPSA) is 28.2 Å². The van der Waals surface area contributed by atoms with Gasteiger partial charge in [0.05, 0.1) is 5.69 Å². The zero-order valence-corrected chi connectivity index (χ0v) is 12.5. The monoisotopic (exact) mass is 281 g/mol. The molecule has 2 aliphatic heterocycles. The van der Waals surface area contributed by atoms with E-state index in [0.717, 1.165) is 6.54 Å². The Morgan fingerprint density at radius 1 is 1.32 bits per heavy atom. The van der Waals surface area contributed by atoms with Gasteiger partial charge in [0.2, 0.25) is 0 Å². The van der Waals surface area contributed by atoms with Crippen molar-refractivity contribution >= 4 is 12.4 Å². The Hall–Kier alpha value is -0.640. The first-order valence-corrected chi connectivity index (χ1v) is 7.11. The molecule has 0 radical (unpaired) electrons. The summed E-state index contributed by atoms with van der Waals surface area (Å²) in [7, 11) is 0. The van der Waals surface area contributed by atoms with Gasteiger partial charge in [0, 0.05) is 19.3 Å². The van der Waals surface area contributed by atoms with Crippen molar-refractivity contribution in [3.63, 3.8) is 0 Å².